The van der Waals surface area contributed by atoms with Crippen LogP contribution in [0.25, 0.3) is 11.0 Å². The molecule has 40 heavy (non-hydrogen) atoms. The Labute approximate surface area is 236 Å². The Morgan fingerprint density at radius 2 is 1.77 bits per heavy atom. The van der Waals surface area contributed by atoms with Gasteiger partial charge in [0.2, 0.25) is 0 Å². The molecule has 2 N–H and O–H groups in total. The van der Waals surface area contributed by atoms with Crippen LogP contribution in [0.5, 0.6) is 5.75 Å². The molecule has 0 aliphatic carbocycles. The van der Waals surface area contributed by atoms with E-state index >= 15 is 0 Å². The molecule has 0 aliphatic heterocycles. The zero-order valence-corrected chi connectivity index (χ0v) is 23.3. The van der Waals surface area contributed by atoms with Gasteiger partial charge in [-0.15, -0.1) is 0 Å². The third-order valence-electron chi connectivity index (χ3n) is 6.31. The number of ether oxygens (including phenoxy) is 1. The first kappa shape index (κ1) is 27.1. The van der Waals surface area contributed by atoms with Gasteiger partial charge in [0.05, 0.1) is 18.2 Å². The number of halogens is 1. The molecule has 3 aromatic carbocycles. The number of aromatic nitrogens is 3. The lowest BCUT2D eigenvalue weighted by Crippen LogP contribution is -2.12. The molecule has 0 spiro atoms. The van der Waals surface area contributed by atoms with Crippen molar-refractivity contribution in [1.82, 2.24) is 15.0 Å². The molecule has 5 rings (SSSR count). The Balaban J connectivity index is 1.51. The average molecular weight is 554 g/mol. The highest BCUT2D eigenvalue weighted by atomic mass is 32.2. The molecule has 0 radical (unpaired) electrons. The minimum atomic E-state index is -0.323. The van der Waals surface area contributed by atoms with Crippen LogP contribution in [0.4, 0.5) is 21.6 Å². The topological polar surface area (TPSA) is 89.0 Å². The lowest BCUT2D eigenvalue weighted by atomic mass is 10.1. The van der Waals surface area contributed by atoms with Gasteiger partial charge in [-0.05, 0) is 91.2 Å². The number of hydrogen-bond donors (Lipinski definition) is 2. The molecule has 0 fully saturated rings. The fraction of sp³-hybridized carbons (Fsp3) is 0.161. The van der Waals surface area contributed by atoms with Gasteiger partial charge in [-0.1, -0.05) is 25.6 Å². The first-order chi connectivity index (χ1) is 19.3. The average Bonchev–Trinajstić information content (AvgIpc) is 2.96. The first-order valence-corrected chi connectivity index (χ1v) is 13.5. The first-order valence-electron chi connectivity index (χ1n) is 12.7. The van der Waals surface area contributed by atoms with Crippen molar-refractivity contribution in [2.75, 3.05) is 17.7 Å². The molecular formula is C31H28FN5O2S. The number of fused-ring (bicyclic) bond motifs is 1. The van der Waals surface area contributed by atoms with Crippen LogP contribution in [-0.4, -0.2) is 28.0 Å². The number of benzene rings is 3. The summed E-state index contributed by atoms with van der Waals surface area (Å²) in [5.74, 6) is 0.980. The van der Waals surface area contributed by atoms with Crippen molar-refractivity contribution in [3.8, 4) is 5.75 Å². The van der Waals surface area contributed by atoms with Crippen molar-refractivity contribution >= 4 is 45.9 Å². The number of pyridine rings is 1. The summed E-state index contributed by atoms with van der Waals surface area (Å²) in [6.45, 7) is 5.82. The normalized spacial score (nSPS) is 11.1. The van der Waals surface area contributed by atoms with Gasteiger partial charge in [-0.25, -0.2) is 19.3 Å². The standard InChI is InChI=1S/C31H28FN5O2S/c1-18(2)26-13-11-24-29(36-26)33-17-34-30(24)37-27-16-20(31(38)35-21-6-12-25(32)19(3)15-21)5-14-28(27)40-23-9-7-22(39-4)8-10-23/h5-18H,1-4H3,(H,35,38)(H,33,34,36,37). The largest absolute Gasteiger partial charge is 0.497 e. The molecule has 2 aromatic heterocycles. The number of nitrogens with zero attached hydrogens (tertiary/aromatic N) is 3. The number of nitrogens with one attached hydrogen (secondary N) is 2. The SMILES string of the molecule is COc1ccc(Sc2ccc(C(=O)Nc3ccc(F)c(C)c3)cc2Nc2ncnc3nc(C(C)C)ccc23)cc1. The van der Waals surface area contributed by atoms with Crippen molar-refractivity contribution in [1.29, 1.82) is 0 Å². The summed E-state index contributed by atoms with van der Waals surface area (Å²) in [6, 6.07) is 21.6. The predicted octanol–water partition coefficient (Wildman–Crippen LogP) is 7.75. The van der Waals surface area contributed by atoms with E-state index in [1.807, 2.05) is 42.5 Å². The molecule has 0 bridgehead atoms. The zero-order valence-electron chi connectivity index (χ0n) is 22.5. The summed E-state index contributed by atoms with van der Waals surface area (Å²) in [6.07, 6.45) is 1.48. The molecule has 2 heterocycles. The van der Waals surface area contributed by atoms with Crippen LogP contribution in [0.3, 0.4) is 0 Å². The van der Waals surface area contributed by atoms with Gasteiger partial charge >= 0.3 is 0 Å². The molecule has 5 aromatic rings. The van der Waals surface area contributed by atoms with Crippen LogP contribution >= 0.6 is 11.8 Å². The Bertz CT molecular complexity index is 1690. The van der Waals surface area contributed by atoms with Gasteiger partial charge in [0.15, 0.2) is 5.65 Å². The van der Waals surface area contributed by atoms with Crippen LogP contribution in [0.2, 0.25) is 0 Å². The maximum Gasteiger partial charge on any atom is 0.255 e. The maximum absolute atomic E-state index is 13.7. The van der Waals surface area contributed by atoms with Gasteiger partial charge < -0.3 is 15.4 Å². The summed E-state index contributed by atoms with van der Waals surface area (Å²) in [7, 11) is 1.63. The van der Waals surface area contributed by atoms with E-state index in [0.717, 1.165) is 26.6 Å². The molecule has 0 saturated heterocycles. The molecule has 1 amide bonds. The Hall–Kier alpha value is -4.50. The number of amides is 1. The summed E-state index contributed by atoms with van der Waals surface area (Å²) >= 11 is 1.54. The highest BCUT2D eigenvalue weighted by Gasteiger charge is 2.15. The highest BCUT2D eigenvalue weighted by Crippen LogP contribution is 2.37. The van der Waals surface area contributed by atoms with E-state index in [9.17, 15) is 9.18 Å². The molecule has 9 heteroatoms. The van der Waals surface area contributed by atoms with Gasteiger partial charge in [0.1, 0.15) is 23.7 Å². The molecule has 0 atom stereocenters. The third-order valence-corrected chi connectivity index (χ3v) is 7.39. The Kier molecular flexibility index (Phi) is 7.93. The minimum absolute atomic E-state index is 0.267. The van der Waals surface area contributed by atoms with E-state index in [4.69, 9.17) is 9.72 Å². The fourth-order valence-corrected chi connectivity index (χ4v) is 4.94. The lowest BCUT2D eigenvalue weighted by Gasteiger charge is -2.15. The fourth-order valence-electron chi connectivity index (χ4n) is 4.06. The summed E-state index contributed by atoms with van der Waals surface area (Å²) < 4.78 is 19.0. The van der Waals surface area contributed by atoms with E-state index in [-0.39, 0.29) is 17.6 Å². The van der Waals surface area contributed by atoms with E-state index in [2.05, 4.69) is 34.4 Å². The van der Waals surface area contributed by atoms with Crippen molar-refractivity contribution in [3.63, 3.8) is 0 Å². The second kappa shape index (κ2) is 11.7. The number of aryl methyl sites for hydroxylation is 1. The van der Waals surface area contributed by atoms with Crippen LogP contribution < -0.4 is 15.4 Å². The van der Waals surface area contributed by atoms with E-state index in [0.29, 0.717) is 34.0 Å². The zero-order chi connectivity index (χ0) is 28.2. The maximum atomic E-state index is 13.7. The number of anilines is 3. The Morgan fingerprint density at radius 1 is 0.975 bits per heavy atom. The van der Waals surface area contributed by atoms with Gasteiger partial charge in [-0.2, -0.15) is 0 Å². The van der Waals surface area contributed by atoms with E-state index in [1.165, 1.54) is 12.4 Å². The van der Waals surface area contributed by atoms with Gasteiger partial charge in [-0.3, -0.25) is 4.79 Å². The smallest absolute Gasteiger partial charge is 0.255 e. The van der Waals surface area contributed by atoms with Crippen molar-refractivity contribution < 1.29 is 13.9 Å². The molecule has 202 valence electrons. The molecule has 0 unspecified atom stereocenters. The van der Waals surface area contributed by atoms with Crippen molar-refractivity contribution in [2.24, 2.45) is 0 Å². The predicted molar refractivity (Wildman–Crippen MR) is 157 cm³/mol. The van der Waals surface area contributed by atoms with E-state index in [1.54, 1.807) is 50.1 Å². The Morgan fingerprint density at radius 3 is 2.50 bits per heavy atom. The summed E-state index contributed by atoms with van der Waals surface area (Å²) in [4.78, 5) is 28.6. The van der Waals surface area contributed by atoms with Crippen LogP contribution in [-0.2, 0) is 0 Å². The highest BCUT2D eigenvalue weighted by molar-refractivity contribution is 7.99. The van der Waals surface area contributed by atoms with E-state index < -0.39 is 0 Å². The minimum Gasteiger partial charge on any atom is -0.497 e. The number of hydrogen-bond acceptors (Lipinski definition) is 7. The van der Waals surface area contributed by atoms with Crippen LogP contribution in [0.15, 0.2) is 88.9 Å². The van der Waals surface area contributed by atoms with Crippen LogP contribution in [0.1, 0.15) is 41.4 Å². The molecule has 7 nitrogen and oxygen atoms in total. The van der Waals surface area contributed by atoms with Crippen LogP contribution in [0, 0.1) is 12.7 Å². The number of carbonyl (C=O) groups is 1. The van der Waals surface area contributed by atoms with Crippen molar-refractivity contribution in [3.05, 3.63) is 102 Å². The molecule has 0 saturated carbocycles. The molecule has 0 aliphatic rings. The summed E-state index contributed by atoms with van der Waals surface area (Å²) in [5.41, 5.74) is 3.63. The number of carbonyl (C=O) groups excluding carboxylic acids is 1. The summed E-state index contributed by atoms with van der Waals surface area (Å²) in [5, 5.41) is 7.04. The second-order valence-electron chi connectivity index (χ2n) is 9.52. The lowest BCUT2D eigenvalue weighted by molar-refractivity contribution is 0.102. The number of methoxy groups -OCH3 is 1. The second-order valence-corrected chi connectivity index (χ2v) is 10.6. The van der Waals surface area contributed by atoms with Crippen molar-refractivity contribution in [2.45, 2.75) is 36.5 Å². The third kappa shape index (κ3) is 6.05. The van der Waals surface area contributed by atoms with Gasteiger partial charge in [0.25, 0.3) is 5.91 Å². The quantitative estimate of drug-likeness (QED) is 0.203. The van der Waals surface area contributed by atoms with Gasteiger partial charge in [0, 0.05) is 26.7 Å². The molecular weight excluding hydrogens is 525 g/mol. The number of rotatable bonds is 8. The monoisotopic (exact) mass is 553 g/mol.